The Bertz CT molecular complexity index is 796. The minimum Gasteiger partial charge on any atom is -0.465 e. The maximum absolute atomic E-state index is 13.2. The number of pyridine rings is 1. The molecule has 1 aromatic carbocycles. The van der Waals surface area contributed by atoms with Crippen molar-refractivity contribution in [3.8, 4) is 11.6 Å². The second-order valence-electron chi connectivity index (χ2n) is 6.04. The zero-order valence-corrected chi connectivity index (χ0v) is 13.7. The molecule has 0 saturated heterocycles. The maximum Gasteiger partial charge on any atom is 0.398 e. The summed E-state index contributed by atoms with van der Waals surface area (Å²) >= 11 is 0. The van der Waals surface area contributed by atoms with E-state index >= 15 is 0 Å². The van der Waals surface area contributed by atoms with Gasteiger partial charge < -0.3 is 9.47 Å². The van der Waals surface area contributed by atoms with Crippen molar-refractivity contribution < 1.29 is 27.4 Å². The first-order chi connectivity index (χ1) is 11.8. The van der Waals surface area contributed by atoms with E-state index in [1.54, 1.807) is 6.92 Å². The van der Waals surface area contributed by atoms with Crippen molar-refractivity contribution in [1.29, 1.82) is 0 Å². The highest BCUT2D eigenvalue weighted by atomic mass is 19.4. The summed E-state index contributed by atoms with van der Waals surface area (Å²) in [5.41, 5.74) is -0.579. The molecule has 7 heteroatoms. The third-order valence-electron chi connectivity index (χ3n) is 4.39. The molecule has 1 fully saturated rings. The molecule has 0 aliphatic heterocycles. The largest absolute Gasteiger partial charge is 0.465 e. The van der Waals surface area contributed by atoms with Gasteiger partial charge in [-0.25, -0.2) is 9.78 Å². The molecular weight excluding hydrogens is 335 g/mol. The summed E-state index contributed by atoms with van der Waals surface area (Å²) in [4.78, 5) is 15.4. The second-order valence-corrected chi connectivity index (χ2v) is 6.04. The van der Waals surface area contributed by atoms with Gasteiger partial charge in [0.15, 0.2) is 0 Å². The standard InChI is InChI=1S/C18H16F3NO3/c1-11-9-13(17(7-8-17)18(19,20)21)4-5-14(11)25-15-6-3-12(10-22-15)16(23)24-2/h3-6,9-10H,7-8H2,1-2H3. The molecule has 1 saturated carbocycles. The number of carbonyl (C=O) groups excluding carboxylic acids is 1. The summed E-state index contributed by atoms with van der Waals surface area (Å²) < 4.78 is 49.8. The molecule has 0 bridgehead atoms. The molecule has 0 radical (unpaired) electrons. The summed E-state index contributed by atoms with van der Waals surface area (Å²) in [5.74, 6) is 0.141. The van der Waals surface area contributed by atoms with Crippen molar-refractivity contribution in [1.82, 2.24) is 4.98 Å². The number of hydrogen-bond acceptors (Lipinski definition) is 4. The number of ether oxygens (including phenoxy) is 2. The number of aromatic nitrogens is 1. The van der Waals surface area contributed by atoms with Gasteiger partial charge in [-0.15, -0.1) is 0 Å². The number of esters is 1. The van der Waals surface area contributed by atoms with E-state index in [0.717, 1.165) is 0 Å². The lowest BCUT2D eigenvalue weighted by Gasteiger charge is -2.20. The first kappa shape index (κ1) is 17.3. The highest BCUT2D eigenvalue weighted by Gasteiger charge is 2.64. The van der Waals surface area contributed by atoms with Crippen molar-refractivity contribution in [2.24, 2.45) is 0 Å². The number of aryl methyl sites for hydroxylation is 1. The van der Waals surface area contributed by atoms with Gasteiger partial charge in [-0.1, -0.05) is 12.1 Å². The predicted octanol–water partition coefficient (Wildman–Crippen LogP) is 4.56. The molecule has 1 aliphatic carbocycles. The molecule has 0 spiro atoms. The first-order valence-electron chi connectivity index (χ1n) is 7.67. The number of carbonyl (C=O) groups is 1. The number of methoxy groups -OCH3 is 1. The van der Waals surface area contributed by atoms with E-state index < -0.39 is 17.6 Å². The minimum atomic E-state index is -4.24. The molecule has 1 heterocycles. The summed E-state index contributed by atoms with van der Waals surface area (Å²) in [6.07, 6.45) is -2.69. The van der Waals surface area contributed by atoms with Gasteiger partial charge in [0, 0.05) is 12.3 Å². The molecule has 2 aromatic rings. The number of hydrogen-bond donors (Lipinski definition) is 0. The molecule has 132 valence electrons. The average molecular weight is 351 g/mol. The van der Waals surface area contributed by atoms with Gasteiger partial charge in [0.1, 0.15) is 5.75 Å². The second kappa shape index (κ2) is 6.06. The van der Waals surface area contributed by atoms with Crippen molar-refractivity contribution in [2.45, 2.75) is 31.4 Å². The van der Waals surface area contributed by atoms with Crippen molar-refractivity contribution >= 4 is 5.97 Å². The minimum absolute atomic E-state index is 0.118. The highest BCUT2D eigenvalue weighted by molar-refractivity contribution is 5.88. The molecule has 25 heavy (non-hydrogen) atoms. The molecule has 1 aromatic heterocycles. The number of alkyl halides is 3. The number of benzene rings is 1. The van der Waals surface area contributed by atoms with Crippen LogP contribution in [0.5, 0.6) is 11.6 Å². The molecule has 0 unspecified atom stereocenters. The van der Waals surface area contributed by atoms with E-state index in [1.165, 1.54) is 43.6 Å². The van der Waals surface area contributed by atoms with Gasteiger partial charge >= 0.3 is 12.1 Å². The predicted molar refractivity (Wildman–Crippen MR) is 83.8 cm³/mol. The summed E-state index contributed by atoms with van der Waals surface area (Å²) in [7, 11) is 1.27. The van der Waals surface area contributed by atoms with E-state index in [1.807, 2.05) is 0 Å². The highest BCUT2D eigenvalue weighted by Crippen LogP contribution is 2.59. The number of halogens is 3. The topological polar surface area (TPSA) is 48.4 Å². The smallest absolute Gasteiger partial charge is 0.398 e. The summed E-state index contributed by atoms with van der Waals surface area (Å²) in [5, 5.41) is 0. The Morgan fingerprint density at radius 3 is 2.40 bits per heavy atom. The van der Waals surface area contributed by atoms with Crippen molar-refractivity contribution in [3.63, 3.8) is 0 Å². The van der Waals surface area contributed by atoms with Crippen LogP contribution >= 0.6 is 0 Å². The monoisotopic (exact) mass is 351 g/mol. The van der Waals surface area contributed by atoms with E-state index in [-0.39, 0.29) is 29.8 Å². The Hall–Kier alpha value is -2.57. The maximum atomic E-state index is 13.2. The van der Waals surface area contributed by atoms with Crippen molar-refractivity contribution in [2.75, 3.05) is 7.11 Å². The van der Waals surface area contributed by atoms with Gasteiger partial charge in [0.05, 0.1) is 18.1 Å². The Morgan fingerprint density at radius 2 is 1.92 bits per heavy atom. The third kappa shape index (κ3) is 3.18. The zero-order valence-electron chi connectivity index (χ0n) is 13.7. The lowest BCUT2D eigenvalue weighted by atomic mass is 9.93. The molecule has 1 aliphatic rings. The van der Waals surface area contributed by atoms with E-state index in [2.05, 4.69) is 9.72 Å². The average Bonchev–Trinajstić information content (AvgIpc) is 3.38. The fourth-order valence-electron chi connectivity index (χ4n) is 2.71. The van der Waals surface area contributed by atoms with E-state index in [4.69, 9.17) is 4.74 Å². The normalized spacial score (nSPS) is 15.6. The van der Waals surface area contributed by atoms with Gasteiger partial charge in [-0.2, -0.15) is 13.2 Å². The van der Waals surface area contributed by atoms with Gasteiger partial charge in [-0.3, -0.25) is 0 Å². The quantitative estimate of drug-likeness (QED) is 0.758. The van der Waals surface area contributed by atoms with Crippen LogP contribution in [0.15, 0.2) is 36.5 Å². The van der Waals surface area contributed by atoms with Gasteiger partial charge in [0.25, 0.3) is 0 Å². The van der Waals surface area contributed by atoms with Crippen LogP contribution in [0.3, 0.4) is 0 Å². The Morgan fingerprint density at radius 1 is 1.20 bits per heavy atom. The Balaban J connectivity index is 1.79. The summed E-state index contributed by atoms with van der Waals surface area (Å²) in [6, 6.07) is 7.48. The number of nitrogens with zero attached hydrogens (tertiary/aromatic N) is 1. The molecule has 4 nitrogen and oxygen atoms in total. The fourth-order valence-corrected chi connectivity index (χ4v) is 2.71. The molecular formula is C18H16F3NO3. The van der Waals surface area contributed by atoms with Crippen LogP contribution in [0.4, 0.5) is 13.2 Å². The van der Waals surface area contributed by atoms with Crippen LogP contribution in [0, 0.1) is 6.92 Å². The first-order valence-corrected chi connectivity index (χ1v) is 7.67. The zero-order chi connectivity index (χ0) is 18.2. The van der Waals surface area contributed by atoms with Crippen LogP contribution in [0.1, 0.15) is 34.3 Å². The lowest BCUT2D eigenvalue weighted by Crippen LogP contribution is -2.28. The molecule has 0 amide bonds. The third-order valence-corrected chi connectivity index (χ3v) is 4.39. The van der Waals surface area contributed by atoms with Crippen LogP contribution in [0.2, 0.25) is 0 Å². The molecule has 0 N–H and O–H groups in total. The fraction of sp³-hybridized carbons (Fsp3) is 0.333. The number of rotatable bonds is 4. The molecule has 0 atom stereocenters. The van der Waals surface area contributed by atoms with E-state index in [9.17, 15) is 18.0 Å². The van der Waals surface area contributed by atoms with Crippen LogP contribution in [-0.4, -0.2) is 24.2 Å². The Kier molecular flexibility index (Phi) is 4.18. The van der Waals surface area contributed by atoms with E-state index in [0.29, 0.717) is 11.3 Å². The van der Waals surface area contributed by atoms with Crippen molar-refractivity contribution in [3.05, 3.63) is 53.2 Å². The van der Waals surface area contributed by atoms with Crippen LogP contribution in [-0.2, 0) is 10.2 Å². The van der Waals surface area contributed by atoms with Crippen LogP contribution < -0.4 is 4.74 Å². The SMILES string of the molecule is COC(=O)c1ccc(Oc2ccc(C3(C(F)(F)F)CC3)cc2C)nc1. The summed E-state index contributed by atoms with van der Waals surface area (Å²) in [6.45, 7) is 1.69. The van der Waals surface area contributed by atoms with Gasteiger partial charge in [0.2, 0.25) is 5.88 Å². The Labute approximate surface area is 142 Å². The van der Waals surface area contributed by atoms with Gasteiger partial charge in [-0.05, 0) is 43.0 Å². The molecule has 3 rings (SSSR count). The lowest BCUT2D eigenvalue weighted by molar-refractivity contribution is -0.160. The van der Waals surface area contributed by atoms with Crippen LogP contribution in [0.25, 0.3) is 0 Å².